The average molecular weight is 340 g/mol. The summed E-state index contributed by atoms with van der Waals surface area (Å²) in [6, 6.07) is 28.4. The fourth-order valence-corrected chi connectivity index (χ4v) is 2.91. The van der Waals surface area contributed by atoms with Crippen molar-refractivity contribution in [2.75, 3.05) is 4.90 Å². The molecule has 3 heteroatoms. The van der Waals surface area contributed by atoms with E-state index < -0.39 is 6.04 Å². The quantitative estimate of drug-likeness (QED) is 0.667. The second-order valence-electron chi connectivity index (χ2n) is 6.20. The van der Waals surface area contributed by atoms with Crippen molar-refractivity contribution in [1.82, 2.24) is 0 Å². The van der Waals surface area contributed by atoms with E-state index in [9.17, 15) is 10.1 Å². The average Bonchev–Trinajstić information content (AvgIpc) is 2.68. The van der Waals surface area contributed by atoms with Gasteiger partial charge in [0.2, 0.25) is 5.91 Å². The Morgan fingerprint density at radius 1 is 0.923 bits per heavy atom. The van der Waals surface area contributed by atoms with E-state index in [-0.39, 0.29) is 12.3 Å². The molecule has 0 aromatic heterocycles. The minimum absolute atomic E-state index is 0.102. The molecule has 0 fully saturated rings. The zero-order chi connectivity index (χ0) is 18.4. The maximum atomic E-state index is 13.1. The lowest BCUT2D eigenvalue weighted by molar-refractivity contribution is -0.118. The third-order valence-corrected chi connectivity index (χ3v) is 4.27. The summed E-state index contributed by atoms with van der Waals surface area (Å²) in [4.78, 5) is 14.7. The van der Waals surface area contributed by atoms with E-state index in [1.165, 1.54) is 0 Å². The first-order valence-corrected chi connectivity index (χ1v) is 8.56. The van der Waals surface area contributed by atoms with Gasteiger partial charge in [0.1, 0.15) is 6.04 Å². The number of rotatable bonds is 5. The van der Waals surface area contributed by atoms with E-state index in [2.05, 4.69) is 6.07 Å². The first-order chi connectivity index (χ1) is 12.7. The number of anilines is 1. The van der Waals surface area contributed by atoms with Crippen LogP contribution in [0.15, 0.2) is 84.9 Å². The van der Waals surface area contributed by atoms with Crippen molar-refractivity contribution in [2.24, 2.45) is 0 Å². The van der Waals surface area contributed by atoms with Crippen LogP contribution in [0.5, 0.6) is 0 Å². The summed E-state index contributed by atoms with van der Waals surface area (Å²) in [6.07, 6.45) is 0.250. The highest BCUT2D eigenvalue weighted by molar-refractivity contribution is 5.96. The summed E-state index contributed by atoms with van der Waals surface area (Å²) >= 11 is 0. The van der Waals surface area contributed by atoms with E-state index in [4.69, 9.17) is 0 Å². The van der Waals surface area contributed by atoms with Gasteiger partial charge in [0.15, 0.2) is 0 Å². The Bertz CT molecular complexity index is 896. The van der Waals surface area contributed by atoms with Crippen molar-refractivity contribution in [3.8, 4) is 6.07 Å². The van der Waals surface area contributed by atoms with Crippen LogP contribution in [0.25, 0.3) is 0 Å². The minimum atomic E-state index is -0.672. The van der Waals surface area contributed by atoms with Crippen LogP contribution in [0.3, 0.4) is 0 Å². The van der Waals surface area contributed by atoms with Crippen molar-refractivity contribution >= 4 is 11.6 Å². The largest absolute Gasteiger partial charge is 0.291 e. The van der Waals surface area contributed by atoms with E-state index in [1.54, 1.807) is 4.90 Å². The molecule has 0 aliphatic carbocycles. The second kappa shape index (κ2) is 8.13. The third-order valence-electron chi connectivity index (χ3n) is 4.27. The van der Waals surface area contributed by atoms with Crippen molar-refractivity contribution in [3.05, 3.63) is 102 Å². The van der Waals surface area contributed by atoms with Crippen LogP contribution in [-0.2, 0) is 11.2 Å². The lowest BCUT2D eigenvalue weighted by Gasteiger charge is -2.28. The van der Waals surface area contributed by atoms with Gasteiger partial charge >= 0.3 is 0 Å². The van der Waals surface area contributed by atoms with Crippen LogP contribution < -0.4 is 4.90 Å². The Labute approximate surface area is 154 Å². The number of nitriles is 1. The number of hydrogen-bond acceptors (Lipinski definition) is 2. The van der Waals surface area contributed by atoms with Crippen LogP contribution in [0.2, 0.25) is 0 Å². The van der Waals surface area contributed by atoms with E-state index in [1.807, 2.05) is 91.9 Å². The zero-order valence-electron chi connectivity index (χ0n) is 14.7. The van der Waals surface area contributed by atoms with Crippen molar-refractivity contribution < 1.29 is 4.79 Å². The highest BCUT2D eigenvalue weighted by atomic mass is 16.2. The zero-order valence-corrected chi connectivity index (χ0v) is 14.7. The first kappa shape index (κ1) is 17.4. The summed E-state index contributed by atoms with van der Waals surface area (Å²) in [5.41, 5.74) is 3.58. The summed E-state index contributed by atoms with van der Waals surface area (Å²) in [6.45, 7) is 2.00. The van der Waals surface area contributed by atoms with E-state index >= 15 is 0 Å². The van der Waals surface area contributed by atoms with Gasteiger partial charge in [-0.25, -0.2) is 0 Å². The third kappa shape index (κ3) is 3.99. The molecule has 128 valence electrons. The molecule has 0 aliphatic rings. The molecule has 0 heterocycles. The molecule has 3 aromatic rings. The molecule has 3 aromatic carbocycles. The van der Waals surface area contributed by atoms with Gasteiger partial charge in [-0.15, -0.1) is 0 Å². The molecule has 1 atom stereocenters. The molecular weight excluding hydrogens is 320 g/mol. The number of aryl methyl sites for hydroxylation is 1. The normalized spacial score (nSPS) is 11.4. The smallest absolute Gasteiger partial charge is 0.232 e. The molecule has 1 amide bonds. The lowest BCUT2D eigenvalue weighted by Crippen LogP contribution is -2.35. The van der Waals surface area contributed by atoms with Crippen LogP contribution in [-0.4, -0.2) is 5.91 Å². The molecular formula is C23H20N2O. The van der Waals surface area contributed by atoms with E-state index in [0.717, 1.165) is 22.4 Å². The predicted octanol–water partition coefficient (Wildman–Crippen LogP) is 4.84. The predicted molar refractivity (Wildman–Crippen MR) is 104 cm³/mol. The van der Waals surface area contributed by atoms with Crippen molar-refractivity contribution in [1.29, 1.82) is 5.26 Å². The monoisotopic (exact) mass is 340 g/mol. The number of carbonyl (C=O) groups excluding carboxylic acids is 1. The van der Waals surface area contributed by atoms with Gasteiger partial charge in [0.05, 0.1) is 12.5 Å². The van der Waals surface area contributed by atoms with E-state index in [0.29, 0.717) is 0 Å². The highest BCUT2D eigenvalue weighted by Gasteiger charge is 2.26. The van der Waals surface area contributed by atoms with Gasteiger partial charge in [-0.3, -0.25) is 9.69 Å². The molecule has 0 saturated carbocycles. The summed E-state index contributed by atoms with van der Waals surface area (Å²) < 4.78 is 0. The maximum Gasteiger partial charge on any atom is 0.232 e. The molecule has 0 aliphatic heterocycles. The fraction of sp³-hybridized carbons (Fsp3) is 0.130. The number of amides is 1. The standard InChI is InChI=1S/C23H20N2O/c1-18-12-14-20(15-13-18)22(17-24)25(21-10-6-3-7-11-21)23(26)16-19-8-4-2-5-9-19/h2-15,22H,16H2,1H3. The molecule has 3 nitrogen and oxygen atoms in total. The summed E-state index contributed by atoms with van der Waals surface area (Å²) in [5, 5.41) is 9.85. The van der Waals surface area contributed by atoms with Gasteiger partial charge in [0.25, 0.3) is 0 Å². The van der Waals surface area contributed by atoms with Gasteiger partial charge < -0.3 is 0 Å². The Morgan fingerprint density at radius 3 is 2.08 bits per heavy atom. The van der Waals surface area contributed by atoms with Gasteiger partial charge in [-0.2, -0.15) is 5.26 Å². The summed E-state index contributed by atoms with van der Waals surface area (Å²) in [7, 11) is 0. The molecule has 0 saturated heterocycles. The number of carbonyl (C=O) groups is 1. The second-order valence-corrected chi connectivity index (χ2v) is 6.20. The number of para-hydroxylation sites is 1. The van der Waals surface area contributed by atoms with Crippen LogP contribution in [0, 0.1) is 18.3 Å². The molecule has 0 radical (unpaired) electrons. The van der Waals surface area contributed by atoms with Crippen molar-refractivity contribution in [2.45, 2.75) is 19.4 Å². The van der Waals surface area contributed by atoms with Crippen LogP contribution in [0.4, 0.5) is 5.69 Å². The van der Waals surface area contributed by atoms with Gasteiger partial charge in [-0.1, -0.05) is 78.4 Å². The topological polar surface area (TPSA) is 44.1 Å². The highest BCUT2D eigenvalue weighted by Crippen LogP contribution is 2.28. The number of nitrogens with zero attached hydrogens (tertiary/aromatic N) is 2. The SMILES string of the molecule is Cc1ccc(C(C#N)N(C(=O)Cc2ccccc2)c2ccccc2)cc1. The van der Waals surface area contributed by atoms with Gasteiger partial charge in [-0.05, 0) is 30.2 Å². The fourth-order valence-electron chi connectivity index (χ4n) is 2.91. The minimum Gasteiger partial charge on any atom is -0.291 e. The van der Waals surface area contributed by atoms with Crippen LogP contribution in [0.1, 0.15) is 22.7 Å². The molecule has 0 bridgehead atoms. The molecule has 3 rings (SSSR count). The number of hydrogen-bond donors (Lipinski definition) is 0. The first-order valence-electron chi connectivity index (χ1n) is 8.56. The Hall–Kier alpha value is -3.38. The molecule has 1 unspecified atom stereocenters. The van der Waals surface area contributed by atoms with Crippen LogP contribution >= 0.6 is 0 Å². The Kier molecular flexibility index (Phi) is 5.46. The van der Waals surface area contributed by atoms with Crippen molar-refractivity contribution in [3.63, 3.8) is 0 Å². The molecule has 26 heavy (non-hydrogen) atoms. The molecule has 0 N–H and O–H groups in total. The number of benzene rings is 3. The maximum absolute atomic E-state index is 13.1. The Balaban J connectivity index is 1.98. The lowest BCUT2D eigenvalue weighted by atomic mass is 10.0. The summed E-state index contributed by atoms with van der Waals surface area (Å²) in [5.74, 6) is -0.102. The Morgan fingerprint density at radius 2 is 1.50 bits per heavy atom. The van der Waals surface area contributed by atoms with Gasteiger partial charge in [0, 0.05) is 5.69 Å². The molecule has 0 spiro atoms.